The monoisotopic (exact) mass is 286 g/mol. The Labute approximate surface area is 125 Å². The van der Waals surface area contributed by atoms with Gasteiger partial charge in [0.25, 0.3) is 0 Å². The van der Waals surface area contributed by atoms with Gasteiger partial charge in [-0.3, -0.25) is 4.98 Å². The standard InChI is InChI=1S/C17H19ClN2/c1-17(2)14(15-5-3-4-10-19-15)11-16(20-17)12-6-8-13(18)9-7-12/h3-10,14,16,20H,11H2,1-2H3. The second-order valence-corrected chi connectivity index (χ2v) is 6.45. The van der Waals surface area contributed by atoms with E-state index in [4.69, 9.17) is 11.6 Å². The van der Waals surface area contributed by atoms with Gasteiger partial charge in [-0.2, -0.15) is 0 Å². The zero-order chi connectivity index (χ0) is 14.2. The van der Waals surface area contributed by atoms with Crippen molar-refractivity contribution in [3.63, 3.8) is 0 Å². The third kappa shape index (κ3) is 2.58. The number of rotatable bonds is 2. The highest BCUT2D eigenvalue weighted by molar-refractivity contribution is 6.30. The molecule has 0 saturated carbocycles. The van der Waals surface area contributed by atoms with E-state index in [-0.39, 0.29) is 5.54 Å². The fraction of sp³-hybridized carbons (Fsp3) is 0.353. The summed E-state index contributed by atoms with van der Waals surface area (Å²) in [4.78, 5) is 4.54. The van der Waals surface area contributed by atoms with Crippen LogP contribution in [0.15, 0.2) is 48.7 Å². The molecule has 1 aliphatic heterocycles. The number of benzene rings is 1. The van der Waals surface area contributed by atoms with Gasteiger partial charge in [-0.1, -0.05) is 29.8 Å². The zero-order valence-electron chi connectivity index (χ0n) is 11.8. The summed E-state index contributed by atoms with van der Waals surface area (Å²) in [6, 6.07) is 14.6. The lowest BCUT2D eigenvalue weighted by molar-refractivity contribution is 0.393. The summed E-state index contributed by atoms with van der Waals surface area (Å²) in [5, 5.41) is 4.52. The fourth-order valence-corrected chi connectivity index (χ4v) is 3.25. The second-order valence-electron chi connectivity index (χ2n) is 6.01. The van der Waals surface area contributed by atoms with E-state index in [1.165, 1.54) is 11.3 Å². The number of hydrogen-bond acceptors (Lipinski definition) is 2. The molecule has 0 aliphatic carbocycles. The molecule has 2 aromatic rings. The van der Waals surface area contributed by atoms with Gasteiger partial charge in [0.05, 0.1) is 0 Å². The van der Waals surface area contributed by atoms with Crippen LogP contribution in [0.2, 0.25) is 5.02 Å². The summed E-state index contributed by atoms with van der Waals surface area (Å²) in [5.41, 5.74) is 2.50. The molecule has 3 rings (SSSR count). The van der Waals surface area contributed by atoms with Gasteiger partial charge in [-0.25, -0.2) is 0 Å². The van der Waals surface area contributed by atoms with E-state index in [0.717, 1.165) is 11.4 Å². The summed E-state index contributed by atoms with van der Waals surface area (Å²) in [7, 11) is 0. The predicted octanol–water partition coefficient (Wildman–Crippen LogP) is 4.33. The fourth-order valence-electron chi connectivity index (χ4n) is 3.13. The first-order valence-corrected chi connectivity index (χ1v) is 7.38. The minimum Gasteiger partial charge on any atom is -0.304 e. The summed E-state index contributed by atoms with van der Waals surface area (Å²) >= 11 is 5.97. The molecule has 1 aromatic carbocycles. The van der Waals surface area contributed by atoms with Crippen LogP contribution in [-0.2, 0) is 0 Å². The van der Waals surface area contributed by atoms with Gasteiger partial charge in [0.2, 0.25) is 0 Å². The summed E-state index contributed by atoms with van der Waals surface area (Å²) in [5.74, 6) is 0.421. The zero-order valence-corrected chi connectivity index (χ0v) is 12.6. The van der Waals surface area contributed by atoms with Crippen molar-refractivity contribution in [2.45, 2.75) is 37.8 Å². The van der Waals surface area contributed by atoms with Crippen molar-refractivity contribution in [2.75, 3.05) is 0 Å². The maximum absolute atomic E-state index is 5.97. The van der Waals surface area contributed by atoms with Gasteiger partial charge in [-0.05, 0) is 50.1 Å². The first-order chi connectivity index (χ1) is 9.56. The highest BCUT2D eigenvalue weighted by Gasteiger charge is 2.41. The Morgan fingerprint density at radius 3 is 2.55 bits per heavy atom. The molecule has 2 atom stereocenters. The number of pyridine rings is 1. The lowest BCUT2D eigenvalue weighted by atomic mass is 9.85. The van der Waals surface area contributed by atoms with Crippen LogP contribution in [0.25, 0.3) is 0 Å². The molecule has 2 heterocycles. The van der Waals surface area contributed by atoms with E-state index in [0.29, 0.717) is 12.0 Å². The molecule has 1 aliphatic rings. The first-order valence-electron chi connectivity index (χ1n) is 7.00. The van der Waals surface area contributed by atoms with E-state index in [9.17, 15) is 0 Å². The number of hydrogen-bond donors (Lipinski definition) is 1. The van der Waals surface area contributed by atoms with Gasteiger partial charge in [0.1, 0.15) is 0 Å². The van der Waals surface area contributed by atoms with E-state index in [1.54, 1.807) is 0 Å². The minimum absolute atomic E-state index is 0.0403. The minimum atomic E-state index is 0.0403. The van der Waals surface area contributed by atoms with Crippen molar-refractivity contribution in [3.8, 4) is 0 Å². The molecule has 1 saturated heterocycles. The molecule has 3 heteroatoms. The summed E-state index contributed by atoms with van der Waals surface area (Å²) < 4.78 is 0. The molecule has 0 amide bonds. The maximum atomic E-state index is 5.97. The first kappa shape index (κ1) is 13.6. The Morgan fingerprint density at radius 2 is 1.90 bits per heavy atom. The van der Waals surface area contributed by atoms with Gasteiger partial charge < -0.3 is 5.32 Å². The van der Waals surface area contributed by atoms with Crippen LogP contribution >= 0.6 is 11.6 Å². The summed E-state index contributed by atoms with van der Waals surface area (Å²) in [6.07, 6.45) is 2.94. The lowest BCUT2D eigenvalue weighted by Crippen LogP contribution is -2.38. The van der Waals surface area contributed by atoms with Crippen LogP contribution in [0.3, 0.4) is 0 Å². The SMILES string of the molecule is CC1(C)NC(c2ccc(Cl)cc2)CC1c1ccccn1. The normalized spacial score (nSPS) is 24.8. The molecule has 20 heavy (non-hydrogen) atoms. The highest BCUT2D eigenvalue weighted by atomic mass is 35.5. The van der Waals surface area contributed by atoms with E-state index < -0.39 is 0 Å². The molecule has 0 spiro atoms. The predicted molar refractivity (Wildman–Crippen MR) is 83.0 cm³/mol. The lowest BCUT2D eigenvalue weighted by Gasteiger charge is -2.27. The maximum Gasteiger partial charge on any atom is 0.0453 e. The Kier molecular flexibility index (Phi) is 3.53. The van der Waals surface area contributed by atoms with Gasteiger partial charge in [0.15, 0.2) is 0 Å². The number of nitrogens with one attached hydrogen (secondary N) is 1. The largest absolute Gasteiger partial charge is 0.304 e. The summed E-state index contributed by atoms with van der Waals surface area (Å²) in [6.45, 7) is 4.50. The third-order valence-corrected chi connectivity index (χ3v) is 4.46. The molecule has 2 unspecified atom stereocenters. The van der Waals surface area contributed by atoms with Crippen molar-refractivity contribution >= 4 is 11.6 Å². The van der Waals surface area contributed by atoms with E-state index in [1.807, 2.05) is 24.4 Å². The molecule has 2 nitrogen and oxygen atoms in total. The van der Waals surface area contributed by atoms with Crippen LogP contribution < -0.4 is 5.32 Å². The molecular formula is C17H19ClN2. The van der Waals surface area contributed by atoms with Gasteiger partial charge in [-0.15, -0.1) is 0 Å². The Hall–Kier alpha value is -1.38. The third-order valence-electron chi connectivity index (χ3n) is 4.21. The molecule has 1 aromatic heterocycles. The highest BCUT2D eigenvalue weighted by Crippen LogP contribution is 2.43. The van der Waals surface area contributed by atoms with Crippen molar-refractivity contribution in [1.82, 2.24) is 10.3 Å². The van der Waals surface area contributed by atoms with Crippen molar-refractivity contribution in [2.24, 2.45) is 0 Å². The molecule has 0 bridgehead atoms. The molecule has 1 fully saturated rings. The number of halogens is 1. The second kappa shape index (κ2) is 5.19. The van der Waals surface area contributed by atoms with Crippen LogP contribution in [0.4, 0.5) is 0 Å². The van der Waals surface area contributed by atoms with E-state index >= 15 is 0 Å². The van der Waals surface area contributed by atoms with Gasteiger partial charge in [0, 0.05) is 34.4 Å². The quantitative estimate of drug-likeness (QED) is 0.889. The Balaban J connectivity index is 1.87. The Morgan fingerprint density at radius 1 is 1.15 bits per heavy atom. The molecule has 104 valence electrons. The number of nitrogens with zero attached hydrogens (tertiary/aromatic N) is 1. The Bertz CT molecular complexity index is 578. The van der Waals surface area contributed by atoms with Crippen LogP contribution in [0, 0.1) is 0 Å². The van der Waals surface area contributed by atoms with Crippen molar-refractivity contribution < 1.29 is 0 Å². The molecular weight excluding hydrogens is 268 g/mol. The van der Waals surface area contributed by atoms with Crippen LogP contribution in [-0.4, -0.2) is 10.5 Å². The number of aromatic nitrogens is 1. The van der Waals surface area contributed by atoms with Crippen molar-refractivity contribution in [1.29, 1.82) is 0 Å². The topological polar surface area (TPSA) is 24.9 Å². The van der Waals surface area contributed by atoms with Crippen LogP contribution in [0.5, 0.6) is 0 Å². The van der Waals surface area contributed by atoms with Crippen molar-refractivity contribution in [3.05, 3.63) is 64.9 Å². The van der Waals surface area contributed by atoms with Gasteiger partial charge >= 0.3 is 0 Å². The van der Waals surface area contributed by atoms with Crippen LogP contribution in [0.1, 0.15) is 43.5 Å². The smallest absolute Gasteiger partial charge is 0.0453 e. The average Bonchev–Trinajstić information content (AvgIpc) is 2.76. The molecule has 1 N–H and O–H groups in total. The average molecular weight is 287 g/mol. The van der Waals surface area contributed by atoms with E-state index in [2.05, 4.69) is 48.4 Å². The molecule has 0 radical (unpaired) electrons.